The first-order chi connectivity index (χ1) is 13.2. The van der Waals surface area contributed by atoms with Crippen LogP contribution in [-0.4, -0.2) is 31.5 Å². The van der Waals surface area contributed by atoms with Gasteiger partial charge in [0.25, 0.3) is 5.91 Å². The fraction of sp³-hybridized carbons (Fsp3) is 0.435. The van der Waals surface area contributed by atoms with Crippen LogP contribution in [0.2, 0.25) is 0 Å². The Kier molecular flexibility index (Phi) is 6.74. The number of methoxy groups -OCH3 is 1. The van der Waals surface area contributed by atoms with Crippen molar-refractivity contribution in [1.29, 1.82) is 0 Å². The number of ether oxygens (including phenoxy) is 1. The average Bonchev–Trinajstić information content (AvgIpc) is 2.73. The minimum atomic E-state index is 0.108. The SMILES string of the molecule is COc1ccccc1CNc1ccc(C(=O)N(C)CC2CCCCC2)cc1. The normalized spacial score (nSPS) is 14.6. The molecule has 1 aliphatic rings. The first kappa shape index (κ1) is 19.3. The van der Waals surface area contributed by atoms with Crippen LogP contribution in [0, 0.1) is 5.92 Å². The van der Waals surface area contributed by atoms with Crippen molar-refractivity contribution >= 4 is 11.6 Å². The van der Waals surface area contributed by atoms with Crippen LogP contribution in [0.3, 0.4) is 0 Å². The molecule has 1 N–H and O–H groups in total. The van der Waals surface area contributed by atoms with E-state index in [0.717, 1.165) is 29.1 Å². The van der Waals surface area contributed by atoms with E-state index < -0.39 is 0 Å². The van der Waals surface area contributed by atoms with Gasteiger partial charge in [0.05, 0.1) is 7.11 Å². The van der Waals surface area contributed by atoms with Crippen LogP contribution < -0.4 is 10.1 Å². The average molecular weight is 367 g/mol. The maximum absolute atomic E-state index is 12.7. The Morgan fingerprint density at radius 2 is 1.78 bits per heavy atom. The van der Waals surface area contributed by atoms with Gasteiger partial charge >= 0.3 is 0 Å². The van der Waals surface area contributed by atoms with Gasteiger partial charge in [-0.3, -0.25) is 4.79 Å². The van der Waals surface area contributed by atoms with Crippen LogP contribution in [0.1, 0.15) is 48.0 Å². The lowest BCUT2D eigenvalue weighted by atomic mass is 9.89. The number of carbonyl (C=O) groups is 1. The maximum atomic E-state index is 12.7. The van der Waals surface area contributed by atoms with Crippen molar-refractivity contribution in [3.63, 3.8) is 0 Å². The molecule has 3 rings (SSSR count). The molecule has 0 spiro atoms. The summed E-state index contributed by atoms with van der Waals surface area (Å²) in [5.74, 6) is 1.65. The van der Waals surface area contributed by atoms with Crippen LogP contribution in [0.5, 0.6) is 5.75 Å². The molecule has 4 heteroatoms. The molecule has 1 aliphatic carbocycles. The number of amides is 1. The molecule has 1 amide bonds. The van der Waals surface area contributed by atoms with Gasteiger partial charge in [0, 0.05) is 37.0 Å². The zero-order valence-corrected chi connectivity index (χ0v) is 16.4. The smallest absolute Gasteiger partial charge is 0.253 e. The van der Waals surface area contributed by atoms with Gasteiger partial charge in [0.15, 0.2) is 0 Å². The highest BCUT2D eigenvalue weighted by Crippen LogP contribution is 2.25. The Morgan fingerprint density at radius 3 is 2.48 bits per heavy atom. The maximum Gasteiger partial charge on any atom is 0.253 e. The number of nitrogens with one attached hydrogen (secondary N) is 1. The number of hydrogen-bond donors (Lipinski definition) is 1. The molecule has 0 unspecified atom stereocenters. The van der Waals surface area contributed by atoms with Crippen molar-refractivity contribution in [2.45, 2.75) is 38.6 Å². The van der Waals surface area contributed by atoms with Crippen LogP contribution in [-0.2, 0) is 6.54 Å². The topological polar surface area (TPSA) is 41.6 Å². The van der Waals surface area contributed by atoms with Gasteiger partial charge in [-0.25, -0.2) is 0 Å². The molecule has 0 atom stereocenters. The Labute approximate surface area is 162 Å². The predicted octanol–water partition coefficient (Wildman–Crippen LogP) is 4.96. The third kappa shape index (κ3) is 5.25. The molecule has 2 aromatic rings. The van der Waals surface area contributed by atoms with Gasteiger partial charge in [-0.15, -0.1) is 0 Å². The molecular formula is C23H30N2O2. The molecule has 0 aromatic heterocycles. The standard InChI is InChI=1S/C23H30N2O2/c1-25(17-18-8-4-3-5-9-18)23(26)19-12-14-21(15-13-19)24-16-20-10-6-7-11-22(20)27-2/h6-7,10-15,18,24H,3-5,8-9,16-17H2,1-2H3. The van der Waals surface area contributed by atoms with E-state index in [1.807, 2.05) is 60.5 Å². The summed E-state index contributed by atoms with van der Waals surface area (Å²) in [6.07, 6.45) is 6.46. The van der Waals surface area contributed by atoms with E-state index in [4.69, 9.17) is 4.74 Å². The molecular weight excluding hydrogens is 336 g/mol. The molecule has 0 heterocycles. The second-order valence-electron chi connectivity index (χ2n) is 7.43. The van der Waals surface area contributed by atoms with Gasteiger partial charge in [-0.2, -0.15) is 0 Å². The predicted molar refractivity (Wildman–Crippen MR) is 110 cm³/mol. The molecule has 2 aromatic carbocycles. The number of nitrogens with zero attached hydrogens (tertiary/aromatic N) is 1. The lowest BCUT2D eigenvalue weighted by Crippen LogP contribution is -2.32. The molecule has 0 aliphatic heterocycles. The quantitative estimate of drug-likeness (QED) is 0.753. The van der Waals surface area contributed by atoms with Gasteiger partial charge in [-0.1, -0.05) is 37.5 Å². The highest BCUT2D eigenvalue weighted by atomic mass is 16.5. The fourth-order valence-electron chi connectivity index (χ4n) is 3.84. The third-order valence-electron chi connectivity index (χ3n) is 5.41. The zero-order chi connectivity index (χ0) is 19.1. The van der Waals surface area contributed by atoms with Crippen molar-refractivity contribution in [3.05, 3.63) is 59.7 Å². The summed E-state index contributed by atoms with van der Waals surface area (Å²) < 4.78 is 5.38. The van der Waals surface area contributed by atoms with E-state index in [1.54, 1.807) is 7.11 Å². The highest BCUT2D eigenvalue weighted by molar-refractivity contribution is 5.94. The van der Waals surface area contributed by atoms with Crippen molar-refractivity contribution < 1.29 is 9.53 Å². The fourth-order valence-corrected chi connectivity index (χ4v) is 3.84. The molecule has 1 saturated carbocycles. The molecule has 27 heavy (non-hydrogen) atoms. The number of rotatable bonds is 7. The molecule has 0 radical (unpaired) electrons. The van der Waals surface area contributed by atoms with Crippen molar-refractivity contribution in [1.82, 2.24) is 4.90 Å². The van der Waals surface area contributed by atoms with Crippen molar-refractivity contribution in [3.8, 4) is 5.75 Å². The minimum absolute atomic E-state index is 0.108. The molecule has 0 saturated heterocycles. The molecule has 4 nitrogen and oxygen atoms in total. The van der Waals surface area contributed by atoms with Crippen LogP contribution in [0.15, 0.2) is 48.5 Å². The largest absolute Gasteiger partial charge is 0.496 e. The summed E-state index contributed by atoms with van der Waals surface area (Å²) in [5.41, 5.74) is 2.84. The van der Waals surface area contributed by atoms with Gasteiger partial charge in [0.2, 0.25) is 0 Å². The lowest BCUT2D eigenvalue weighted by Gasteiger charge is -2.27. The number of benzene rings is 2. The van der Waals surface area contributed by atoms with E-state index in [9.17, 15) is 4.79 Å². The Balaban J connectivity index is 1.55. The monoisotopic (exact) mass is 366 g/mol. The number of anilines is 1. The second-order valence-corrected chi connectivity index (χ2v) is 7.43. The van der Waals surface area contributed by atoms with E-state index in [1.165, 1.54) is 32.1 Å². The summed E-state index contributed by atoms with van der Waals surface area (Å²) in [7, 11) is 3.60. The number of para-hydroxylation sites is 1. The van der Waals surface area contributed by atoms with Gasteiger partial charge in [0.1, 0.15) is 5.75 Å². The second kappa shape index (κ2) is 9.45. The van der Waals surface area contributed by atoms with E-state index in [2.05, 4.69) is 5.32 Å². The van der Waals surface area contributed by atoms with Crippen LogP contribution in [0.25, 0.3) is 0 Å². The summed E-state index contributed by atoms with van der Waals surface area (Å²) >= 11 is 0. The van der Waals surface area contributed by atoms with Crippen molar-refractivity contribution in [2.75, 3.05) is 26.0 Å². The summed E-state index contributed by atoms with van der Waals surface area (Å²) in [4.78, 5) is 14.6. The number of carbonyl (C=O) groups excluding carboxylic acids is 1. The van der Waals surface area contributed by atoms with Gasteiger partial charge < -0.3 is 15.0 Å². The number of hydrogen-bond acceptors (Lipinski definition) is 3. The van der Waals surface area contributed by atoms with Crippen LogP contribution in [0.4, 0.5) is 5.69 Å². The minimum Gasteiger partial charge on any atom is -0.496 e. The van der Waals surface area contributed by atoms with E-state index in [0.29, 0.717) is 12.5 Å². The first-order valence-electron chi connectivity index (χ1n) is 9.88. The van der Waals surface area contributed by atoms with E-state index >= 15 is 0 Å². The molecule has 1 fully saturated rings. The summed E-state index contributed by atoms with van der Waals surface area (Å²) in [6.45, 7) is 1.55. The molecule has 144 valence electrons. The first-order valence-corrected chi connectivity index (χ1v) is 9.88. The summed E-state index contributed by atoms with van der Waals surface area (Å²) in [6, 6.07) is 15.7. The Bertz CT molecular complexity index is 736. The Hall–Kier alpha value is -2.49. The molecule has 0 bridgehead atoms. The summed E-state index contributed by atoms with van der Waals surface area (Å²) in [5, 5.41) is 3.39. The van der Waals surface area contributed by atoms with Gasteiger partial charge in [-0.05, 0) is 49.1 Å². The van der Waals surface area contributed by atoms with Crippen molar-refractivity contribution in [2.24, 2.45) is 5.92 Å². The van der Waals surface area contributed by atoms with Crippen LogP contribution >= 0.6 is 0 Å². The highest BCUT2D eigenvalue weighted by Gasteiger charge is 2.19. The third-order valence-corrected chi connectivity index (χ3v) is 5.41. The zero-order valence-electron chi connectivity index (χ0n) is 16.4. The lowest BCUT2D eigenvalue weighted by molar-refractivity contribution is 0.0760. The Morgan fingerprint density at radius 1 is 1.07 bits per heavy atom. The van der Waals surface area contributed by atoms with E-state index in [-0.39, 0.29) is 5.91 Å².